The van der Waals surface area contributed by atoms with Gasteiger partial charge in [-0.25, -0.2) is 0 Å². The van der Waals surface area contributed by atoms with Gasteiger partial charge < -0.3 is 5.32 Å². The zero-order chi connectivity index (χ0) is 12.5. The van der Waals surface area contributed by atoms with Gasteiger partial charge in [-0.15, -0.1) is 0 Å². The van der Waals surface area contributed by atoms with Gasteiger partial charge in [0.15, 0.2) is 0 Å². The third-order valence-electron chi connectivity index (χ3n) is 4.38. The Balaban J connectivity index is 1.84. The molecule has 1 atom stereocenters. The lowest BCUT2D eigenvalue weighted by atomic mass is 9.93. The number of nitrogens with zero attached hydrogens (tertiary/aromatic N) is 1. The molecule has 0 spiro atoms. The fourth-order valence-electron chi connectivity index (χ4n) is 2.95. The van der Waals surface area contributed by atoms with Crippen molar-refractivity contribution in [2.75, 3.05) is 19.6 Å². The quantitative estimate of drug-likeness (QED) is 0.792. The lowest BCUT2D eigenvalue weighted by molar-refractivity contribution is 0.0585. The molecule has 2 rings (SSSR count). The van der Waals surface area contributed by atoms with Crippen LogP contribution in [0.4, 0.5) is 0 Å². The van der Waals surface area contributed by atoms with Gasteiger partial charge in [0.25, 0.3) is 0 Å². The van der Waals surface area contributed by atoms with Crippen molar-refractivity contribution >= 4 is 0 Å². The Labute approximate surface area is 107 Å². The van der Waals surface area contributed by atoms with Crippen molar-refractivity contribution in [1.29, 1.82) is 0 Å². The summed E-state index contributed by atoms with van der Waals surface area (Å²) < 4.78 is 0. The molecule has 2 fully saturated rings. The van der Waals surface area contributed by atoms with Crippen molar-refractivity contribution in [1.82, 2.24) is 10.2 Å². The Kier molecular flexibility index (Phi) is 4.14. The maximum absolute atomic E-state index is 3.73. The maximum Gasteiger partial charge on any atom is 0.0278 e. The van der Waals surface area contributed by atoms with E-state index in [0.29, 0.717) is 11.6 Å². The molecule has 0 aromatic carbocycles. The first-order valence-electron chi connectivity index (χ1n) is 7.46. The molecule has 2 nitrogen and oxygen atoms in total. The van der Waals surface area contributed by atoms with E-state index in [0.717, 1.165) is 18.4 Å². The highest BCUT2D eigenvalue weighted by molar-refractivity contribution is 4.93. The van der Waals surface area contributed by atoms with Crippen LogP contribution in [0.2, 0.25) is 0 Å². The highest BCUT2D eigenvalue weighted by Crippen LogP contribution is 2.33. The molecule has 17 heavy (non-hydrogen) atoms. The Morgan fingerprint density at radius 3 is 2.59 bits per heavy atom. The van der Waals surface area contributed by atoms with Gasteiger partial charge in [-0.2, -0.15) is 0 Å². The summed E-state index contributed by atoms with van der Waals surface area (Å²) in [4.78, 5) is 2.73. The Bertz CT molecular complexity index is 243. The van der Waals surface area contributed by atoms with Crippen LogP contribution in [0.3, 0.4) is 0 Å². The fourth-order valence-corrected chi connectivity index (χ4v) is 2.95. The van der Waals surface area contributed by atoms with Crippen molar-refractivity contribution in [3.8, 4) is 0 Å². The topological polar surface area (TPSA) is 15.3 Å². The van der Waals surface area contributed by atoms with Crippen LogP contribution in [-0.4, -0.2) is 36.1 Å². The normalized spacial score (nSPS) is 29.8. The zero-order valence-corrected chi connectivity index (χ0v) is 12.1. The molecular formula is C15H30N2. The van der Waals surface area contributed by atoms with E-state index in [1.165, 1.54) is 38.8 Å². The highest BCUT2D eigenvalue weighted by atomic mass is 15.3. The largest absolute Gasteiger partial charge is 0.311 e. The summed E-state index contributed by atoms with van der Waals surface area (Å²) in [7, 11) is 0. The Morgan fingerprint density at radius 1 is 1.29 bits per heavy atom. The van der Waals surface area contributed by atoms with Gasteiger partial charge in [0.2, 0.25) is 0 Å². The molecule has 100 valence electrons. The minimum atomic E-state index is 0.350. The van der Waals surface area contributed by atoms with Gasteiger partial charge in [-0.3, -0.25) is 4.90 Å². The first-order chi connectivity index (χ1) is 7.97. The smallest absolute Gasteiger partial charge is 0.0278 e. The standard InChI is InChI=1S/C15H30N2/c1-12(2)9-14-10-17(8-7-13-5-6-13)15(3,4)11-16-14/h12-14,16H,5-11H2,1-4H3. The summed E-state index contributed by atoms with van der Waals surface area (Å²) in [5.74, 6) is 1.86. The van der Waals surface area contributed by atoms with Gasteiger partial charge in [-0.1, -0.05) is 26.7 Å². The molecule has 0 bridgehead atoms. The number of hydrogen-bond donors (Lipinski definition) is 1. The second-order valence-electron chi connectivity index (χ2n) is 7.20. The first kappa shape index (κ1) is 13.4. The summed E-state index contributed by atoms with van der Waals surface area (Å²) in [5, 5.41) is 3.73. The lowest BCUT2D eigenvalue weighted by Gasteiger charge is -2.46. The number of nitrogens with one attached hydrogen (secondary N) is 1. The Morgan fingerprint density at radius 2 is 2.00 bits per heavy atom. The molecule has 0 aromatic heterocycles. The molecule has 0 amide bonds. The van der Waals surface area contributed by atoms with E-state index >= 15 is 0 Å². The van der Waals surface area contributed by atoms with Gasteiger partial charge in [0, 0.05) is 24.7 Å². The van der Waals surface area contributed by atoms with Gasteiger partial charge in [0.1, 0.15) is 0 Å². The van der Waals surface area contributed by atoms with Crippen LogP contribution < -0.4 is 5.32 Å². The summed E-state index contributed by atoms with van der Waals surface area (Å²) in [6, 6.07) is 0.710. The Hall–Kier alpha value is -0.0800. The monoisotopic (exact) mass is 238 g/mol. The van der Waals surface area contributed by atoms with Gasteiger partial charge in [-0.05, 0) is 45.1 Å². The van der Waals surface area contributed by atoms with Gasteiger partial charge >= 0.3 is 0 Å². The summed E-state index contributed by atoms with van der Waals surface area (Å²) >= 11 is 0. The summed E-state index contributed by atoms with van der Waals surface area (Å²) in [5.41, 5.74) is 0.350. The molecule has 0 radical (unpaired) electrons. The van der Waals surface area contributed by atoms with E-state index in [1.54, 1.807) is 0 Å². The predicted octanol–water partition coefficient (Wildman–Crippen LogP) is 2.89. The molecule has 2 heteroatoms. The van der Waals surface area contributed by atoms with Crippen molar-refractivity contribution in [2.45, 2.75) is 65.0 Å². The van der Waals surface area contributed by atoms with Crippen molar-refractivity contribution < 1.29 is 0 Å². The van der Waals surface area contributed by atoms with Crippen molar-refractivity contribution in [3.05, 3.63) is 0 Å². The molecule has 1 heterocycles. The fraction of sp³-hybridized carbons (Fsp3) is 1.00. The average Bonchev–Trinajstić information content (AvgIpc) is 3.02. The second-order valence-corrected chi connectivity index (χ2v) is 7.20. The molecule has 1 aliphatic heterocycles. The minimum Gasteiger partial charge on any atom is -0.311 e. The predicted molar refractivity (Wildman–Crippen MR) is 74.2 cm³/mol. The van der Waals surface area contributed by atoms with Crippen molar-refractivity contribution in [3.63, 3.8) is 0 Å². The molecule has 1 unspecified atom stereocenters. The van der Waals surface area contributed by atoms with Crippen LogP contribution in [0.5, 0.6) is 0 Å². The SMILES string of the molecule is CC(C)CC1CN(CCC2CC2)C(C)(C)CN1. The van der Waals surface area contributed by atoms with E-state index in [2.05, 4.69) is 37.9 Å². The van der Waals surface area contributed by atoms with E-state index in [1.807, 2.05) is 0 Å². The second kappa shape index (κ2) is 5.27. The van der Waals surface area contributed by atoms with Crippen LogP contribution in [0.1, 0.15) is 53.4 Å². The number of rotatable bonds is 5. The van der Waals surface area contributed by atoms with E-state index in [9.17, 15) is 0 Å². The summed E-state index contributed by atoms with van der Waals surface area (Å²) in [6.45, 7) is 13.1. The zero-order valence-electron chi connectivity index (χ0n) is 12.1. The summed E-state index contributed by atoms with van der Waals surface area (Å²) in [6.07, 6.45) is 5.72. The maximum atomic E-state index is 3.73. The average molecular weight is 238 g/mol. The van der Waals surface area contributed by atoms with Crippen LogP contribution in [0.15, 0.2) is 0 Å². The minimum absolute atomic E-state index is 0.350. The first-order valence-corrected chi connectivity index (χ1v) is 7.46. The van der Waals surface area contributed by atoms with Crippen LogP contribution in [-0.2, 0) is 0 Å². The van der Waals surface area contributed by atoms with E-state index in [4.69, 9.17) is 0 Å². The third kappa shape index (κ3) is 3.96. The molecule has 1 saturated heterocycles. The third-order valence-corrected chi connectivity index (χ3v) is 4.38. The molecule has 1 aliphatic carbocycles. The molecule has 1 N–H and O–H groups in total. The lowest BCUT2D eigenvalue weighted by Crippen LogP contribution is -2.62. The number of piperazine rings is 1. The van der Waals surface area contributed by atoms with Crippen LogP contribution in [0, 0.1) is 11.8 Å². The number of hydrogen-bond acceptors (Lipinski definition) is 2. The van der Waals surface area contributed by atoms with E-state index in [-0.39, 0.29) is 0 Å². The highest BCUT2D eigenvalue weighted by Gasteiger charge is 2.34. The van der Waals surface area contributed by atoms with Crippen LogP contribution in [0.25, 0.3) is 0 Å². The molecular weight excluding hydrogens is 208 g/mol. The molecule has 0 aromatic rings. The van der Waals surface area contributed by atoms with E-state index < -0.39 is 0 Å². The molecule has 2 aliphatic rings. The van der Waals surface area contributed by atoms with Gasteiger partial charge in [0.05, 0.1) is 0 Å². The molecule has 1 saturated carbocycles. The van der Waals surface area contributed by atoms with Crippen molar-refractivity contribution in [2.24, 2.45) is 11.8 Å². The van der Waals surface area contributed by atoms with Crippen LogP contribution >= 0.6 is 0 Å².